The van der Waals surface area contributed by atoms with E-state index in [0.717, 1.165) is 0 Å². The predicted molar refractivity (Wildman–Crippen MR) is 89.6 cm³/mol. The number of hydrogen-bond donors (Lipinski definition) is 1. The van der Waals surface area contributed by atoms with Crippen molar-refractivity contribution in [2.24, 2.45) is 0 Å². The number of anilines is 1. The molecule has 0 aromatic heterocycles. The Morgan fingerprint density at radius 3 is 2.48 bits per heavy atom. The number of methoxy groups -OCH3 is 2. The van der Waals surface area contributed by atoms with E-state index in [9.17, 15) is 9.59 Å². The highest BCUT2D eigenvalue weighted by Crippen LogP contribution is 2.27. The monoisotopic (exact) mass is 340 g/mol. The van der Waals surface area contributed by atoms with Gasteiger partial charge in [0.15, 0.2) is 18.1 Å². The fourth-order valence-electron chi connectivity index (χ4n) is 2.05. The van der Waals surface area contributed by atoms with Crippen LogP contribution in [0.15, 0.2) is 42.5 Å². The molecule has 7 heteroatoms. The SMILES string of the molecule is COc1ccc(C(=O)OCC(=O)Nc2ccccc2C#N)cc1OC. The number of benzene rings is 2. The van der Waals surface area contributed by atoms with Crippen LogP contribution in [0.5, 0.6) is 11.5 Å². The molecule has 25 heavy (non-hydrogen) atoms. The quantitative estimate of drug-likeness (QED) is 0.811. The lowest BCUT2D eigenvalue weighted by molar-refractivity contribution is -0.119. The summed E-state index contributed by atoms with van der Waals surface area (Å²) in [7, 11) is 2.94. The zero-order chi connectivity index (χ0) is 18.2. The second kappa shape index (κ2) is 8.36. The predicted octanol–water partition coefficient (Wildman–Crippen LogP) is 2.37. The van der Waals surface area contributed by atoms with E-state index in [4.69, 9.17) is 19.5 Å². The van der Waals surface area contributed by atoms with Crippen molar-refractivity contribution >= 4 is 17.6 Å². The fourth-order valence-corrected chi connectivity index (χ4v) is 2.05. The molecular formula is C18H16N2O5. The highest BCUT2D eigenvalue weighted by molar-refractivity contribution is 5.96. The summed E-state index contributed by atoms with van der Waals surface area (Å²) in [6.07, 6.45) is 0. The number of nitrogens with zero attached hydrogens (tertiary/aromatic N) is 1. The summed E-state index contributed by atoms with van der Waals surface area (Å²) in [4.78, 5) is 23.9. The number of nitriles is 1. The minimum Gasteiger partial charge on any atom is -0.493 e. The molecule has 128 valence electrons. The molecule has 1 N–H and O–H groups in total. The third-order valence-corrected chi connectivity index (χ3v) is 3.28. The Hall–Kier alpha value is -3.53. The zero-order valence-electron chi connectivity index (χ0n) is 13.7. The van der Waals surface area contributed by atoms with Crippen LogP contribution >= 0.6 is 0 Å². The van der Waals surface area contributed by atoms with Crippen LogP contribution in [0.4, 0.5) is 5.69 Å². The largest absolute Gasteiger partial charge is 0.493 e. The highest BCUT2D eigenvalue weighted by atomic mass is 16.5. The summed E-state index contributed by atoms with van der Waals surface area (Å²) in [5, 5.41) is 11.5. The topological polar surface area (TPSA) is 97.6 Å². The molecule has 1 amide bonds. The molecule has 0 saturated carbocycles. The van der Waals surface area contributed by atoms with Crippen LogP contribution in [-0.4, -0.2) is 32.7 Å². The summed E-state index contributed by atoms with van der Waals surface area (Å²) >= 11 is 0. The summed E-state index contributed by atoms with van der Waals surface area (Å²) in [5.74, 6) is -0.365. The first-order valence-corrected chi connectivity index (χ1v) is 7.27. The molecule has 2 aromatic rings. The maximum absolute atomic E-state index is 12.0. The molecule has 0 radical (unpaired) electrons. The summed E-state index contributed by atoms with van der Waals surface area (Å²) in [6, 6.07) is 13.0. The molecule has 0 heterocycles. The van der Waals surface area contributed by atoms with Gasteiger partial charge in [0.25, 0.3) is 5.91 Å². The number of carbonyl (C=O) groups excluding carboxylic acids is 2. The van der Waals surface area contributed by atoms with Gasteiger partial charge in [0.1, 0.15) is 6.07 Å². The summed E-state index contributed by atoms with van der Waals surface area (Å²) in [5.41, 5.74) is 0.905. The summed E-state index contributed by atoms with van der Waals surface area (Å²) < 4.78 is 15.2. The van der Waals surface area contributed by atoms with Crippen LogP contribution in [0.25, 0.3) is 0 Å². The standard InChI is InChI=1S/C18H16N2O5/c1-23-15-8-7-12(9-16(15)24-2)18(22)25-11-17(21)20-14-6-4-3-5-13(14)10-19/h3-9H,11H2,1-2H3,(H,20,21). The van der Waals surface area contributed by atoms with Crippen molar-refractivity contribution in [3.05, 3.63) is 53.6 Å². The van der Waals surface area contributed by atoms with E-state index in [1.165, 1.54) is 26.4 Å². The van der Waals surface area contributed by atoms with Gasteiger partial charge < -0.3 is 19.5 Å². The fraction of sp³-hybridized carbons (Fsp3) is 0.167. The molecule has 2 rings (SSSR count). The normalized spacial score (nSPS) is 9.64. The Labute approximate surface area is 144 Å². The minimum absolute atomic E-state index is 0.225. The molecule has 0 fully saturated rings. The van der Waals surface area contributed by atoms with Crippen LogP contribution in [-0.2, 0) is 9.53 Å². The Bertz CT molecular complexity index is 826. The second-order valence-electron chi connectivity index (χ2n) is 4.85. The van der Waals surface area contributed by atoms with Gasteiger partial charge in [-0.25, -0.2) is 4.79 Å². The smallest absolute Gasteiger partial charge is 0.338 e. The summed E-state index contributed by atoms with van der Waals surface area (Å²) in [6.45, 7) is -0.479. The number of rotatable bonds is 6. The van der Waals surface area contributed by atoms with Gasteiger partial charge in [0, 0.05) is 0 Å². The van der Waals surface area contributed by atoms with Crippen LogP contribution in [0.2, 0.25) is 0 Å². The van der Waals surface area contributed by atoms with E-state index in [2.05, 4.69) is 5.32 Å². The number of carbonyl (C=O) groups is 2. The van der Waals surface area contributed by atoms with E-state index in [-0.39, 0.29) is 5.56 Å². The van der Waals surface area contributed by atoms with E-state index in [1.54, 1.807) is 30.3 Å². The van der Waals surface area contributed by atoms with Crippen molar-refractivity contribution in [2.75, 3.05) is 26.1 Å². The van der Waals surface area contributed by atoms with Crippen LogP contribution < -0.4 is 14.8 Å². The number of ether oxygens (including phenoxy) is 3. The Balaban J connectivity index is 1.98. The average molecular weight is 340 g/mol. The number of amides is 1. The van der Waals surface area contributed by atoms with E-state index >= 15 is 0 Å². The van der Waals surface area contributed by atoms with Crippen molar-refractivity contribution in [3.63, 3.8) is 0 Å². The highest BCUT2D eigenvalue weighted by Gasteiger charge is 2.14. The van der Waals surface area contributed by atoms with E-state index in [1.807, 2.05) is 6.07 Å². The van der Waals surface area contributed by atoms with E-state index < -0.39 is 18.5 Å². The molecule has 0 aliphatic heterocycles. The molecule has 0 atom stereocenters. The van der Waals surface area contributed by atoms with E-state index in [0.29, 0.717) is 22.7 Å². The van der Waals surface area contributed by atoms with Crippen LogP contribution in [0.1, 0.15) is 15.9 Å². The molecule has 0 aliphatic rings. The maximum Gasteiger partial charge on any atom is 0.338 e. The first kappa shape index (κ1) is 17.8. The third-order valence-electron chi connectivity index (χ3n) is 3.28. The number of nitrogens with one attached hydrogen (secondary N) is 1. The van der Waals surface area contributed by atoms with Gasteiger partial charge in [-0.3, -0.25) is 4.79 Å². The third kappa shape index (κ3) is 4.48. The molecule has 0 bridgehead atoms. The first-order chi connectivity index (χ1) is 12.1. The van der Waals surface area contributed by atoms with Crippen molar-refractivity contribution in [3.8, 4) is 17.6 Å². The maximum atomic E-state index is 12.0. The second-order valence-corrected chi connectivity index (χ2v) is 4.85. The van der Waals surface area contributed by atoms with Crippen molar-refractivity contribution in [1.29, 1.82) is 5.26 Å². The molecule has 0 unspecified atom stereocenters. The van der Waals surface area contributed by atoms with Gasteiger partial charge in [-0.05, 0) is 30.3 Å². The van der Waals surface area contributed by atoms with Crippen molar-refractivity contribution in [2.45, 2.75) is 0 Å². The number of hydrogen-bond acceptors (Lipinski definition) is 6. The van der Waals surface area contributed by atoms with Gasteiger partial charge in [-0.1, -0.05) is 12.1 Å². The molecule has 7 nitrogen and oxygen atoms in total. The number of esters is 1. The molecule has 0 spiro atoms. The number of para-hydroxylation sites is 1. The zero-order valence-corrected chi connectivity index (χ0v) is 13.7. The molecule has 2 aromatic carbocycles. The van der Waals surface area contributed by atoms with Gasteiger partial charge in [-0.15, -0.1) is 0 Å². The average Bonchev–Trinajstić information content (AvgIpc) is 2.65. The molecular weight excluding hydrogens is 324 g/mol. The van der Waals surface area contributed by atoms with Crippen LogP contribution in [0.3, 0.4) is 0 Å². The first-order valence-electron chi connectivity index (χ1n) is 7.27. The van der Waals surface area contributed by atoms with Gasteiger partial charge in [0.2, 0.25) is 0 Å². The Kier molecular flexibility index (Phi) is 5.96. The van der Waals surface area contributed by atoms with Gasteiger partial charge >= 0.3 is 5.97 Å². The van der Waals surface area contributed by atoms with Gasteiger partial charge in [-0.2, -0.15) is 5.26 Å². The lowest BCUT2D eigenvalue weighted by Crippen LogP contribution is -2.21. The Morgan fingerprint density at radius 2 is 1.80 bits per heavy atom. The van der Waals surface area contributed by atoms with Crippen molar-refractivity contribution in [1.82, 2.24) is 0 Å². The lowest BCUT2D eigenvalue weighted by Gasteiger charge is -2.10. The lowest BCUT2D eigenvalue weighted by atomic mass is 10.2. The molecule has 0 aliphatic carbocycles. The van der Waals surface area contributed by atoms with Gasteiger partial charge in [0.05, 0.1) is 31.0 Å². The Morgan fingerprint density at radius 1 is 1.08 bits per heavy atom. The molecule has 0 saturated heterocycles. The minimum atomic E-state index is -0.676. The van der Waals surface area contributed by atoms with Crippen molar-refractivity contribution < 1.29 is 23.8 Å². The van der Waals surface area contributed by atoms with Crippen LogP contribution in [0, 0.1) is 11.3 Å².